The predicted molar refractivity (Wildman–Crippen MR) is 135 cm³/mol. The van der Waals surface area contributed by atoms with Crippen LogP contribution < -0.4 is 10.2 Å². The van der Waals surface area contributed by atoms with Crippen molar-refractivity contribution in [2.75, 3.05) is 18.5 Å². The molecule has 0 saturated carbocycles. The van der Waals surface area contributed by atoms with Crippen molar-refractivity contribution in [2.45, 2.75) is 38.1 Å². The highest BCUT2D eigenvalue weighted by atomic mass is 35.5. The van der Waals surface area contributed by atoms with E-state index < -0.39 is 0 Å². The van der Waals surface area contributed by atoms with Gasteiger partial charge in [-0.15, -0.1) is 12.6 Å². The minimum absolute atomic E-state index is 0.355. The third-order valence-corrected chi connectivity index (χ3v) is 5.99. The lowest BCUT2D eigenvalue weighted by Gasteiger charge is -2.31. The van der Waals surface area contributed by atoms with Crippen molar-refractivity contribution in [1.29, 1.82) is 0 Å². The van der Waals surface area contributed by atoms with Crippen LogP contribution in [-0.2, 0) is 0 Å². The zero-order chi connectivity index (χ0) is 21.7. The molecule has 30 heavy (non-hydrogen) atoms. The maximum absolute atomic E-state index is 6.80. The molecule has 3 rings (SSSR count). The Balaban J connectivity index is 2.04. The average molecular weight is 439 g/mol. The smallest absolute Gasteiger partial charge is 0.0562 e. The number of hydrogen-bond donors (Lipinski definition) is 2. The summed E-state index contributed by atoms with van der Waals surface area (Å²) in [6.07, 6.45) is 1.09. The summed E-state index contributed by atoms with van der Waals surface area (Å²) in [5.74, 6) is 0.614. The molecule has 0 spiro atoms. The first-order chi connectivity index (χ1) is 14.4. The molecule has 4 heteroatoms. The van der Waals surface area contributed by atoms with Crippen LogP contribution in [0.25, 0.3) is 11.1 Å². The van der Waals surface area contributed by atoms with Crippen LogP contribution >= 0.6 is 24.2 Å². The average Bonchev–Trinajstić information content (AvgIpc) is 2.73. The van der Waals surface area contributed by atoms with Gasteiger partial charge in [-0.25, -0.2) is 0 Å². The summed E-state index contributed by atoms with van der Waals surface area (Å²) in [6, 6.07) is 23.4. The first-order valence-corrected chi connectivity index (χ1v) is 11.3. The lowest BCUT2D eigenvalue weighted by Crippen LogP contribution is -2.38. The van der Waals surface area contributed by atoms with Gasteiger partial charge in [0.05, 0.1) is 10.7 Å². The molecule has 0 aliphatic heterocycles. The van der Waals surface area contributed by atoms with Gasteiger partial charge in [0.15, 0.2) is 0 Å². The second kappa shape index (κ2) is 10.4. The van der Waals surface area contributed by atoms with E-state index in [0.717, 1.165) is 45.4 Å². The number of anilines is 2. The maximum Gasteiger partial charge on any atom is 0.0562 e. The molecular weight excluding hydrogens is 408 g/mol. The van der Waals surface area contributed by atoms with Crippen LogP contribution in [0.5, 0.6) is 0 Å². The molecule has 0 heterocycles. The van der Waals surface area contributed by atoms with Gasteiger partial charge in [0, 0.05) is 28.7 Å². The fourth-order valence-corrected chi connectivity index (χ4v) is 4.41. The summed E-state index contributed by atoms with van der Waals surface area (Å²) >= 11 is 11.7. The fourth-order valence-electron chi connectivity index (χ4n) is 3.83. The van der Waals surface area contributed by atoms with Crippen LogP contribution in [0.15, 0.2) is 71.6 Å². The SMILES string of the molecule is CN[C@H](CC(C)C)CN(c1ccccc1)c1cc(Cl)c(-c2cccc(C)c2)cc1S. The van der Waals surface area contributed by atoms with Gasteiger partial charge >= 0.3 is 0 Å². The molecule has 1 N–H and O–H groups in total. The van der Waals surface area contributed by atoms with Crippen LogP contribution in [-0.4, -0.2) is 19.6 Å². The summed E-state index contributed by atoms with van der Waals surface area (Å²) in [5, 5.41) is 4.22. The molecule has 0 aromatic heterocycles. The van der Waals surface area contributed by atoms with Gasteiger partial charge in [-0.1, -0.05) is 73.5 Å². The van der Waals surface area contributed by atoms with E-state index in [0.29, 0.717) is 12.0 Å². The molecule has 0 fully saturated rings. The molecule has 0 aliphatic rings. The summed E-state index contributed by atoms with van der Waals surface area (Å²) in [5.41, 5.74) is 5.49. The molecular formula is C26H31ClN2S. The normalized spacial score (nSPS) is 12.2. The van der Waals surface area contributed by atoms with Crippen LogP contribution in [0, 0.1) is 12.8 Å². The zero-order valence-corrected chi connectivity index (χ0v) is 19.8. The Morgan fingerprint density at radius 3 is 2.37 bits per heavy atom. The molecule has 0 aliphatic carbocycles. The number of likely N-dealkylation sites (N-methyl/N-ethyl adjacent to an activating group) is 1. The number of hydrogen-bond acceptors (Lipinski definition) is 3. The van der Waals surface area contributed by atoms with Gasteiger partial charge < -0.3 is 10.2 Å². The highest BCUT2D eigenvalue weighted by molar-refractivity contribution is 7.80. The molecule has 3 aromatic carbocycles. The fraction of sp³-hybridized carbons (Fsp3) is 0.308. The monoisotopic (exact) mass is 438 g/mol. The Morgan fingerprint density at radius 2 is 1.73 bits per heavy atom. The third-order valence-electron chi connectivity index (χ3n) is 5.32. The van der Waals surface area contributed by atoms with Crippen LogP contribution in [0.1, 0.15) is 25.8 Å². The Labute approximate surface area is 191 Å². The van der Waals surface area contributed by atoms with E-state index in [1.165, 1.54) is 5.56 Å². The molecule has 2 nitrogen and oxygen atoms in total. The van der Waals surface area contributed by atoms with Gasteiger partial charge in [0.2, 0.25) is 0 Å². The minimum atomic E-state index is 0.355. The molecule has 0 bridgehead atoms. The van der Waals surface area contributed by atoms with Crippen molar-refractivity contribution in [1.82, 2.24) is 5.32 Å². The Morgan fingerprint density at radius 1 is 1.00 bits per heavy atom. The molecule has 1 atom stereocenters. The van der Waals surface area contributed by atoms with Crippen molar-refractivity contribution in [3.63, 3.8) is 0 Å². The van der Waals surface area contributed by atoms with Crippen LogP contribution in [0.2, 0.25) is 5.02 Å². The summed E-state index contributed by atoms with van der Waals surface area (Å²) in [7, 11) is 2.03. The van der Waals surface area contributed by atoms with E-state index >= 15 is 0 Å². The summed E-state index contributed by atoms with van der Waals surface area (Å²) in [6.45, 7) is 7.45. The second-order valence-corrected chi connectivity index (χ2v) is 9.14. The first-order valence-electron chi connectivity index (χ1n) is 10.5. The van der Waals surface area contributed by atoms with Gasteiger partial charge in [0.1, 0.15) is 0 Å². The highest BCUT2D eigenvalue weighted by Gasteiger charge is 2.20. The number of benzene rings is 3. The maximum atomic E-state index is 6.80. The number of thiol groups is 1. The van der Waals surface area contributed by atoms with Gasteiger partial charge in [-0.05, 0) is 56.1 Å². The van der Waals surface area contributed by atoms with E-state index in [4.69, 9.17) is 24.2 Å². The summed E-state index contributed by atoms with van der Waals surface area (Å²) < 4.78 is 0. The van der Waals surface area contributed by atoms with E-state index in [2.05, 4.69) is 91.7 Å². The van der Waals surface area contributed by atoms with Crippen molar-refractivity contribution in [3.8, 4) is 11.1 Å². The van der Waals surface area contributed by atoms with Gasteiger partial charge in [0.25, 0.3) is 0 Å². The number of halogens is 1. The second-order valence-electron chi connectivity index (χ2n) is 8.25. The van der Waals surface area contributed by atoms with E-state index in [1.807, 2.05) is 13.1 Å². The Bertz CT molecular complexity index is 972. The van der Waals surface area contributed by atoms with Crippen molar-refractivity contribution in [2.24, 2.45) is 5.92 Å². The standard InChI is InChI=1S/C26H31ClN2S/c1-18(2)13-21(28-4)17-29(22-11-6-5-7-12-22)25-16-24(27)23(15-26(25)30)20-10-8-9-19(3)14-20/h5-12,14-16,18,21,28,30H,13,17H2,1-4H3/t21-/m1/s1. The third kappa shape index (κ3) is 5.60. The van der Waals surface area contributed by atoms with Crippen LogP contribution in [0.3, 0.4) is 0 Å². The molecule has 0 amide bonds. The topological polar surface area (TPSA) is 15.3 Å². The molecule has 0 saturated heterocycles. The summed E-state index contributed by atoms with van der Waals surface area (Å²) in [4.78, 5) is 3.23. The van der Waals surface area contributed by atoms with Crippen molar-refractivity contribution in [3.05, 3.63) is 77.3 Å². The van der Waals surface area contributed by atoms with Crippen molar-refractivity contribution < 1.29 is 0 Å². The molecule has 0 unspecified atom stereocenters. The molecule has 0 radical (unpaired) electrons. The first kappa shape index (κ1) is 22.7. The van der Waals surface area contributed by atoms with E-state index in [1.54, 1.807) is 0 Å². The lowest BCUT2D eigenvalue weighted by atomic mass is 10.0. The lowest BCUT2D eigenvalue weighted by molar-refractivity contribution is 0.447. The zero-order valence-electron chi connectivity index (χ0n) is 18.2. The minimum Gasteiger partial charge on any atom is -0.339 e. The predicted octanol–water partition coefficient (Wildman–Crippen LogP) is 7.38. The van der Waals surface area contributed by atoms with Gasteiger partial charge in [-0.2, -0.15) is 0 Å². The molecule has 158 valence electrons. The Hall–Kier alpha value is -1.94. The van der Waals surface area contributed by atoms with Crippen LogP contribution in [0.4, 0.5) is 11.4 Å². The largest absolute Gasteiger partial charge is 0.339 e. The van der Waals surface area contributed by atoms with Crippen molar-refractivity contribution >= 4 is 35.6 Å². The highest BCUT2D eigenvalue weighted by Crippen LogP contribution is 2.39. The Kier molecular flexibility index (Phi) is 7.87. The van der Waals surface area contributed by atoms with E-state index in [-0.39, 0.29) is 0 Å². The number of rotatable bonds is 8. The number of aryl methyl sites for hydroxylation is 1. The molecule has 3 aromatic rings. The van der Waals surface area contributed by atoms with E-state index in [9.17, 15) is 0 Å². The number of nitrogens with zero attached hydrogens (tertiary/aromatic N) is 1. The van der Waals surface area contributed by atoms with Gasteiger partial charge in [-0.3, -0.25) is 0 Å². The number of nitrogens with one attached hydrogen (secondary N) is 1. The quantitative estimate of drug-likeness (QED) is 0.357. The number of para-hydroxylation sites is 1.